The fraction of sp³-hybridized carbons (Fsp3) is 0.636. The van der Waals surface area contributed by atoms with E-state index in [9.17, 15) is 0 Å². The molecule has 92 valence electrons. The van der Waals surface area contributed by atoms with Gasteiger partial charge in [-0.15, -0.1) is 11.3 Å². The lowest BCUT2D eigenvalue weighted by atomic mass is 10.3. The summed E-state index contributed by atoms with van der Waals surface area (Å²) >= 11 is 8.72. The number of nitrogens with one attached hydrogen (secondary N) is 1. The third-order valence-corrected chi connectivity index (χ3v) is 4.56. The highest BCUT2D eigenvalue weighted by atomic mass is 79.9. The van der Waals surface area contributed by atoms with Crippen LogP contribution in [0.4, 0.5) is 0 Å². The molecule has 0 unspecified atom stereocenters. The molecule has 16 heavy (non-hydrogen) atoms. The number of halogens is 2. The highest BCUT2D eigenvalue weighted by Gasteiger charge is 2.04. The summed E-state index contributed by atoms with van der Waals surface area (Å²) < 4.78 is 7.92. The van der Waals surface area contributed by atoms with Crippen molar-refractivity contribution >= 4 is 43.2 Å². The van der Waals surface area contributed by atoms with Crippen molar-refractivity contribution < 1.29 is 4.74 Å². The zero-order valence-corrected chi connectivity index (χ0v) is 13.4. The summed E-state index contributed by atoms with van der Waals surface area (Å²) in [7, 11) is 0. The zero-order valence-electron chi connectivity index (χ0n) is 9.39. The minimum Gasteiger partial charge on any atom is -0.380 e. The molecule has 1 rings (SSSR count). The summed E-state index contributed by atoms with van der Waals surface area (Å²) in [5.74, 6) is 0. The van der Waals surface area contributed by atoms with Crippen molar-refractivity contribution in [2.45, 2.75) is 19.8 Å². The third-order valence-electron chi connectivity index (χ3n) is 2.09. The second kappa shape index (κ2) is 8.64. The first-order valence-electron chi connectivity index (χ1n) is 5.46. The van der Waals surface area contributed by atoms with Gasteiger partial charge in [0.05, 0.1) is 20.8 Å². The molecule has 0 aromatic carbocycles. The van der Waals surface area contributed by atoms with E-state index in [4.69, 9.17) is 4.74 Å². The predicted octanol–water partition coefficient (Wildman–Crippen LogP) is 3.83. The fourth-order valence-electron chi connectivity index (χ4n) is 1.28. The Morgan fingerprint density at radius 2 is 2.12 bits per heavy atom. The number of hydrogen-bond acceptors (Lipinski definition) is 3. The average molecular weight is 371 g/mol. The quantitative estimate of drug-likeness (QED) is 0.702. The van der Waals surface area contributed by atoms with Crippen molar-refractivity contribution in [2.24, 2.45) is 0 Å². The molecule has 0 saturated heterocycles. The average Bonchev–Trinajstić information content (AvgIpc) is 2.56. The van der Waals surface area contributed by atoms with Gasteiger partial charge < -0.3 is 10.1 Å². The minimum absolute atomic E-state index is 0.787. The second-order valence-corrected chi connectivity index (χ2v) is 7.21. The van der Waals surface area contributed by atoms with Gasteiger partial charge in [0.25, 0.3) is 0 Å². The van der Waals surface area contributed by atoms with E-state index < -0.39 is 0 Å². The van der Waals surface area contributed by atoms with Gasteiger partial charge in [-0.05, 0) is 62.9 Å². The van der Waals surface area contributed by atoms with E-state index in [1.165, 1.54) is 19.6 Å². The van der Waals surface area contributed by atoms with Gasteiger partial charge in [0.15, 0.2) is 0 Å². The van der Waals surface area contributed by atoms with Crippen LogP contribution in [-0.4, -0.2) is 26.3 Å². The summed E-state index contributed by atoms with van der Waals surface area (Å²) in [6.45, 7) is 5.77. The van der Waals surface area contributed by atoms with Crippen molar-refractivity contribution in [1.82, 2.24) is 5.32 Å². The number of thiophene rings is 1. The van der Waals surface area contributed by atoms with Crippen molar-refractivity contribution in [2.75, 3.05) is 26.3 Å². The summed E-state index contributed by atoms with van der Waals surface area (Å²) in [4.78, 5) is 0. The number of hydrogen-bond donors (Lipinski definition) is 1. The molecule has 1 aromatic rings. The Morgan fingerprint density at radius 3 is 2.75 bits per heavy atom. The Labute approximate surface area is 118 Å². The molecule has 0 atom stereocenters. The molecule has 0 amide bonds. The fourth-order valence-corrected chi connectivity index (χ4v) is 4.19. The Bertz CT molecular complexity index is 304. The standard InChI is InChI=1S/C11H17Br2NOS/c1-2-4-14-5-7-15-6-3-9-8-10(12)16-11(9)13/h8,14H,2-7H2,1H3. The monoisotopic (exact) mass is 369 g/mol. The minimum atomic E-state index is 0.787. The van der Waals surface area contributed by atoms with Gasteiger partial charge in [-0.25, -0.2) is 0 Å². The van der Waals surface area contributed by atoms with Gasteiger partial charge in [-0.3, -0.25) is 0 Å². The number of ether oxygens (including phenoxy) is 1. The maximum atomic E-state index is 5.55. The van der Waals surface area contributed by atoms with Crippen LogP contribution in [0.1, 0.15) is 18.9 Å². The van der Waals surface area contributed by atoms with Crippen LogP contribution >= 0.6 is 43.2 Å². The maximum Gasteiger partial charge on any atom is 0.0743 e. The van der Waals surface area contributed by atoms with E-state index in [2.05, 4.69) is 50.2 Å². The molecule has 0 aliphatic carbocycles. The molecular weight excluding hydrogens is 354 g/mol. The van der Waals surface area contributed by atoms with E-state index in [0.29, 0.717) is 0 Å². The van der Waals surface area contributed by atoms with Crippen LogP contribution in [0.5, 0.6) is 0 Å². The molecule has 0 fully saturated rings. The van der Waals surface area contributed by atoms with Gasteiger partial charge in [0.1, 0.15) is 0 Å². The third kappa shape index (κ3) is 5.77. The molecule has 0 bridgehead atoms. The van der Waals surface area contributed by atoms with Crippen molar-refractivity contribution in [3.05, 3.63) is 19.2 Å². The lowest BCUT2D eigenvalue weighted by Crippen LogP contribution is -2.20. The van der Waals surface area contributed by atoms with Crippen LogP contribution < -0.4 is 5.32 Å². The van der Waals surface area contributed by atoms with Crippen molar-refractivity contribution in [3.63, 3.8) is 0 Å². The van der Waals surface area contributed by atoms with Crippen molar-refractivity contribution in [1.29, 1.82) is 0 Å². The molecule has 1 heterocycles. The molecule has 0 aliphatic heterocycles. The van der Waals surface area contributed by atoms with Gasteiger partial charge in [0, 0.05) is 6.54 Å². The summed E-state index contributed by atoms with van der Waals surface area (Å²) in [6.07, 6.45) is 2.15. The van der Waals surface area contributed by atoms with E-state index in [1.807, 2.05) is 0 Å². The van der Waals surface area contributed by atoms with E-state index in [1.54, 1.807) is 11.3 Å². The molecular formula is C11H17Br2NOS. The molecule has 0 radical (unpaired) electrons. The molecule has 0 spiro atoms. The molecule has 5 heteroatoms. The highest BCUT2D eigenvalue weighted by molar-refractivity contribution is 9.12. The van der Waals surface area contributed by atoms with E-state index >= 15 is 0 Å². The lowest BCUT2D eigenvalue weighted by Gasteiger charge is -2.04. The van der Waals surface area contributed by atoms with Gasteiger partial charge in [-0.2, -0.15) is 0 Å². The van der Waals surface area contributed by atoms with E-state index in [-0.39, 0.29) is 0 Å². The van der Waals surface area contributed by atoms with Crippen LogP contribution in [0.3, 0.4) is 0 Å². The molecule has 1 aromatic heterocycles. The normalized spacial score (nSPS) is 10.9. The number of rotatable bonds is 8. The van der Waals surface area contributed by atoms with Crippen LogP contribution in [0.25, 0.3) is 0 Å². The summed E-state index contributed by atoms with van der Waals surface area (Å²) in [6, 6.07) is 2.15. The summed E-state index contributed by atoms with van der Waals surface area (Å²) in [5.41, 5.74) is 1.32. The second-order valence-electron chi connectivity index (χ2n) is 3.46. The molecule has 0 saturated carbocycles. The largest absolute Gasteiger partial charge is 0.380 e. The zero-order chi connectivity index (χ0) is 11.8. The topological polar surface area (TPSA) is 21.3 Å². The Balaban J connectivity index is 2.05. The van der Waals surface area contributed by atoms with Gasteiger partial charge in [-0.1, -0.05) is 6.92 Å². The SMILES string of the molecule is CCCNCCOCCc1cc(Br)sc1Br. The van der Waals surface area contributed by atoms with Crippen LogP contribution in [0.15, 0.2) is 13.6 Å². The first kappa shape index (κ1) is 14.6. The first-order chi connectivity index (χ1) is 7.74. The van der Waals surface area contributed by atoms with Crippen molar-refractivity contribution in [3.8, 4) is 0 Å². The van der Waals surface area contributed by atoms with Crippen LogP contribution in [0.2, 0.25) is 0 Å². The van der Waals surface area contributed by atoms with E-state index in [0.717, 1.165) is 32.7 Å². The van der Waals surface area contributed by atoms with Gasteiger partial charge in [0.2, 0.25) is 0 Å². The molecule has 0 aliphatic rings. The maximum absolute atomic E-state index is 5.55. The van der Waals surface area contributed by atoms with Crippen LogP contribution in [0, 0.1) is 0 Å². The highest BCUT2D eigenvalue weighted by Crippen LogP contribution is 2.31. The summed E-state index contributed by atoms with van der Waals surface area (Å²) in [5, 5.41) is 3.31. The first-order valence-corrected chi connectivity index (χ1v) is 7.86. The Hall–Kier alpha value is 0.580. The molecule has 2 nitrogen and oxygen atoms in total. The Kier molecular flexibility index (Phi) is 7.90. The Morgan fingerprint density at radius 1 is 1.31 bits per heavy atom. The molecule has 1 N–H and O–H groups in total. The van der Waals surface area contributed by atoms with Crippen LogP contribution in [-0.2, 0) is 11.2 Å². The van der Waals surface area contributed by atoms with Gasteiger partial charge >= 0.3 is 0 Å². The smallest absolute Gasteiger partial charge is 0.0743 e. The lowest BCUT2D eigenvalue weighted by molar-refractivity contribution is 0.139. The predicted molar refractivity (Wildman–Crippen MR) is 77.4 cm³/mol.